The van der Waals surface area contributed by atoms with E-state index in [1.165, 1.54) is 0 Å². The second-order valence-corrected chi connectivity index (χ2v) is 5.04. The monoisotopic (exact) mass is 319 g/mol. The summed E-state index contributed by atoms with van der Waals surface area (Å²) in [6.07, 6.45) is 3.74. The maximum atomic E-state index is 6.30. The van der Waals surface area contributed by atoms with Crippen molar-refractivity contribution in [3.8, 4) is 0 Å². The number of hydrogen-bond acceptors (Lipinski definition) is 4. The Morgan fingerprint density at radius 3 is 2.78 bits per heavy atom. The largest absolute Gasteiger partial charge is 0.383 e. The highest BCUT2D eigenvalue weighted by Gasteiger charge is 2.24. The maximum absolute atomic E-state index is 6.30. The number of nitrogens with two attached hydrogens (primary N) is 1. The topological polar surface area (TPSA) is 62.3 Å². The van der Waals surface area contributed by atoms with E-state index in [1.807, 2.05) is 4.68 Å². The summed E-state index contributed by atoms with van der Waals surface area (Å²) >= 11 is 3.50. The van der Waals surface area contributed by atoms with Gasteiger partial charge in [-0.2, -0.15) is 5.10 Å². The summed E-state index contributed by atoms with van der Waals surface area (Å²) in [5, 5.41) is 4.31. The van der Waals surface area contributed by atoms with Gasteiger partial charge in [0.25, 0.3) is 0 Å². The first-order valence-electron chi connectivity index (χ1n) is 6.14. The van der Waals surface area contributed by atoms with E-state index in [0.717, 1.165) is 23.0 Å². The van der Waals surface area contributed by atoms with E-state index in [1.54, 1.807) is 20.4 Å². The molecule has 2 N–H and O–H groups in total. The van der Waals surface area contributed by atoms with Crippen LogP contribution < -0.4 is 5.73 Å². The number of methoxy groups -OCH3 is 2. The lowest BCUT2D eigenvalue weighted by Crippen LogP contribution is -2.31. The van der Waals surface area contributed by atoms with Crippen LogP contribution in [-0.4, -0.2) is 36.7 Å². The molecule has 2 atom stereocenters. The predicted octanol–water partition coefficient (Wildman–Crippen LogP) is 2.11. The van der Waals surface area contributed by atoms with Gasteiger partial charge in [-0.05, 0) is 22.4 Å². The normalized spacial score (nSPS) is 14.7. The summed E-state index contributed by atoms with van der Waals surface area (Å²) in [7, 11) is 3.37. The van der Waals surface area contributed by atoms with Gasteiger partial charge in [0.1, 0.15) is 0 Å². The highest BCUT2D eigenvalue weighted by molar-refractivity contribution is 9.10. The smallest absolute Gasteiger partial charge is 0.0779 e. The van der Waals surface area contributed by atoms with Crippen molar-refractivity contribution in [2.75, 3.05) is 20.8 Å². The Hall–Kier alpha value is -0.430. The van der Waals surface area contributed by atoms with Crippen LogP contribution in [0.5, 0.6) is 0 Å². The highest BCUT2D eigenvalue weighted by Crippen LogP contribution is 2.26. The zero-order chi connectivity index (χ0) is 13.5. The van der Waals surface area contributed by atoms with Gasteiger partial charge in [-0.15, -0.1) is 0 Å². The number of hydrogen-bond donors (Lipinski definition) is 1. The van der Waals surface area contributed by atoms with Crippen molar-refractivity contribution in [1.29, 1.82) is 0 Å². The van der Waals surface area contributed by atoms with Crippen LogP contribution in [0.2, 0.25) is 0 Å². The Labute approximate surface area is 117 Å². The number of rotatable bonds is 8. The molecule has 0 saturated carbocycles. The average Bonchev–Trinajstić information content (AvgIpc) is 2.73. The molecule has 0 aliphatic heterocycles. The van der Waals surface area contributed by atoms with Crippen LogP contribution in [0, 0.1) is 0 Å². The lowest BCUT2D eigenvalue weighted by atomic mass is 10.0. The Bertz CT molecular complexity index is 357. The summed E-state index contributed by atoms with van der Waals surface area (Å²) in [6, 6.07) is -0.191. The molecule has 6 heteroatoms. The molecule has 0 aromatic carbocycles. The molecular formula is C12H22BrN3O2. The molecule has 0 radical (unpaired) electrons. The van der Waals surface area contributed by atoms with Crippen LogP contribution in [0.4, 0.5) is 0 Å². The Kier molecular flexibility index (Phi) is 6.85. The van der Waals surface area contributed by atoms with Crippen molar-refractivity contribution >= 4 is 15.9 Å². The standard InChI is InChI=1S/C12H22BrN3O2/c1-4-5-10(18-3)11(14)12-9(13)8-15-16(12)6-7-17-2/h8,10-11H,4-7,14H2,1-3H3. The Morgan fingerprint density at radius 2 is 2.22 bits per heavy atom. The first kappa shape index (κ1) is 15.6. The number of aromatic nitrogens is 2. The zero-order valence-electron chi connectivity index (χ0n) is 11.2. The van der Waals surface area contributed by atoms with Crippen molar-refractivity contribution in [1.82, 2.24) is 9.78 Å². The third kappa shape index (κ3) is 3.78. The number of halogens is 1. The van der Waals surface area contributed by atoms with Crippen LogP contribution >= 0.6 is 15.9 Å². The molecule has 1 aromatic heterocycles. The quantitative estimate of drug-likeness (QED) is 0.797. The zero-order valence-corrected chi connectivity index (χ0v) is 12.8. The third-order valence-corrected chi connectivity index (χ3v) is 3.54. The minimum Gasteiger partial charge on any atom is -0.383 e. The molecule has 104 valence electrons. The van der Waals surface area contributed by atoms with E-state index in [-0.39, 0.29) is 12.1 Å². The number of ether oxygens (including phenoxy) is 2. The second kappa shape index (κ2) is 7.89. The van der Waals surface area contributed by atoms with Crippen molar-refractivity contribution in [3.05, 3.63) is 16.4 Å². The third-order valence-electron chi connectivity index (χ3n) is 2.93. The van der Waals surface area contributed by atoms with Crippen LogP contribution in [0.1, 0.15) is 31.5 Å². The van der Waals surface area contributed by atoms with Crippen molar-refractivity contribution < 1.29 is 9.47 Å². The summed E-state index contributed by atoms with van der Waals surface area (Å²) in [5.41, 5.74) is 7.26. The Balaban J connectivity index is 2.88. The molecule has 0 aliphatic rings. The van der Waals surface area contributed by atoms with E-state index >= 15 is 0 Å². The van der Waals surface area contributed by atoms with Gasteiger partial charge in [0, 0.05) is 14.2 Å². The van der Waals surface area contributed by atoms with Gasteiger partial charge in [-0.25, -0.2) is 0 Å². The minimum atomic E-state index is -0.191. The van der Waals surface area contributed by atoms with E-state index < -0.39 is 0 Å². The molecule has 0 fully saturated rings. The molecular weight excluding hydrogens is 298 g/mol. The molecule has 2 unspecified atom stereocenters. The summed E-state index contributed by atoms with van der Waals surface area (Å²) in [4.78, 5) is 0. The molecule has 0 bridgehead atoms. The summed E-state index contributed by atoms with van der Waals surface area (Å²) < 4.78 is 13.3. The van der Waals surface area contributed by atoms with E-state index in [0.29, 0.717) is 13.2 Å². The van der Waals surface area contributed by atoms with Gasteiger partial charge in [0.05, 0.1) is 41.7 Å². The van der Waals surface area contributed by atoms with Crippen molar-refractivity contribution in [2.24, 2.45) is 5.73 Å². The molecule has 18 heavy (non-hydrogen) atoms. The van der Waals surface area contributed by atoms with Gasteiger partial charge in [-0.3, -0.25) is 4.68 Å². The predicted molar refractivity (Wildman–Crippen MR) is 74.4 cm³/mol. The first-order valence-corrected chi connectivity index (χ1v) is 6.93. The first-order chi connectivity index (χ1) is 8.65. The fourth-order valence-electron chi connectivity index (χ4n) is 1.96. The van der Waals surface area contributed by atoms with Crippen LogP contribution in [0.15, 0.2) is 10.7 Å². The number of nitrogens with zero attached hydrogens (tertiary/aromatic N) is 2. The van der Waals surface area contributed by atoms with Gasteiger partial charge in [-0.1, -0.05) is 13.3 Å². The van der Waals surface area contributed by atoms with Crippen molar-refractivity contribution in [2.45, 2.75) is 38.5 Å². The fraction of sp³-hybridized carbons (Fsp3) is 0.750. The SMILES string of the molecule is CCCC(OC)C(N)c1c(Br)cnn1CCOC. The molecule has 1 heterocycles. The molecule has 0 amide bonds. The van der Waals surface area contributed by atoms with Gasteiger partial charge < -0.3 is 15.2 Å². The Morgan fingerprint density at radius 1 is 1.50 bits per heavy atom. The van der Waals surface area contributed by atoms with E-state index in [2.05, 4.69) is 28.0 Å². The molecule has 0 spiro atoms. The van der Waals surface area contributed by atoms with E-state index in [4.69, 9.17) is 15.2 Å². The minimum absolute atomic E-state index is 0.00398. The summed E-state index contributed by atoms with van der Waals surface area (Å²) in [5.74, 6) is 0. The molecule has 5 nitrogen and oxygen atoms in total. The molecule has 1 aromatic rings. The van der Waals surface area contributed by atoms with Gasteiger partial charge in [0.15, 0.2) is 0 Å². The van der Waals surface area contributed by atoms with Crippen LogP contribution in [-0.2, 0) is 16.0 Å². The lowest BCUT2D eigenvalue weighted by molar-refractivity contribution is 0.0691. The van der Waals surface area contributed by atoms with Gasteiger partial charge >= 0.3 is 0 Å². The second-order valence-electron chi connectivity index (χ2n) is 4.18. The molecule has 0 saturated heterocycles. The highest BCUT2D eigenvalue weighted by atomic mass is 79.9. The van der Waals surface area contributed by atoms with E-state index in [9.17, 15) is 0 Å². The van der Waals surface area contributed by atoms with Crippen LogP contribution in [0.3, 0.4) is 0 Å². The maximum Gasteiger partial charge on any atom is 0.0779 e. The van der Waals surface area contributed by atoms with Crippen LogP contribution in [0.25, 0.3) is 0 Å². The average molecular weight is 320 g/mol. The van der Waals surface area contributed by atoms with Gasteiger partial charge in [0.2, 0.25) is 0 Å². The molecule has 0 aliphatic carbocycles. The summed E-state index contributed by atoms with van der Waals surface area (Å²) in [6.45, 7) is 3.42. The fourth-order valence-corrected chi connectivity index (χ4v) is 2.52. The molecule has 1 rings (SSSR count). The van der Waals surface area contributed by atoms with Crippen molar-refractivity contribution in [3.63, 3.8) is 0 Å². The lowest BCUT2D eigenvalue weighted by Gasteiger charge is -2.23.